The number of nitrogens with one attached hydrogen (secondary N) is 1. The van der Waals surface area contributed by atoms with Gasteiger partial charge in [-0.1, -0.05) is 23.2 Å². The summed E-state index contributed by atoms with van der Waals surface area (Å²) in [6.07, 6.45) is -1.02. The van der Waals surface area contributed by atoms with Crippen molar-refractivity contribution in [3.63, 3.8) is 0 Å². The molecule has 0 spiro atoms. The van der Waals surface area contributed by atoms with Gasteiger partial charge in [0, 0.05) is 12.2 Å². The normalized spacial score (nSPS) is 11.5. The zero-order chi connectivity index (χ0) is 14.4. The SMILES string of the molecule is CCOC(C#N)NC(=O)c1cc(Cl)c(OC)c(Cl)c1. The second-order valence-electron chi connectivity index (χ2n) is 3.41. The number of rotatable bonds is 5. The van der Waals surface area contributed by atoms with Crippen molar-refractivity contribution in [1.29, 1.82) is 5.26 Å². The predicted octanol–water partition coefficient (Wildman–Crippen LogP) is 2.62. The zero-order valence-electron chi connectivity index (χ0n) is 10.4. The van der Waals surface area contributed by atoms with Crippen LogP contribution in [0.1, 0.15) is 17.3 Å². The van der Waals surface area contributed by atoms with Gasteiger partial charge >= 0.3 is 0 Å². The van der Waals surface area contributed by atoms with Gasteiger partial charge in [0.2, 0.25) is 6.23 Å². The molecule has 0 saturated carbocycles. The van der Waals surface area contributed by atoms with Crippen molar-refractivity contribution in [3.8, 4) is 11.8 Å². The van der Waals surface area contributed by atoms with E-state index in [1.54, 1.807) is 6.92 Å². The Morgan fingerprint density at radius 3 is 2.47 bits per heavy atom. The maximum Gasteiger partial charge on any atom is 0.254 e. The largest absolute Gasteiger partial charge is 0.494 e. The number of carbonyl (C=O) groups is 1. The van der Waals surface area contributed by atoms with Crippen LogP contribution >= 0.6 is 23.2 Å². The highest BCUT2D eigenvalue weighted by atomic mass is 35.5. The van der Waals surface area contributed by atoms with Crippen molar-refractivity contribution in [2.24, 2.45) is 0 Å². The highest BCUT2D eigenvalue weighted by Crippen LogP contribution is 2.33. The second kappa shape index (κ2) is 7.19. The minimum atomic E-state index is -1.02. The van der Waals surface area contributed by atoms with E-state index >= 15 is 0 Å². The molecule has 1 aromatic rings. The number of ether oxygens (including phenoxy) is 2. The van der Waals surface area contributed by atoms with Gasteiger partial charge in [-0.2, -0.15) is 5.26 Å². The third kappa shape index (κ3) is 4.00. The number of nitriles is 1. The van der Waals surface area contributed by atoms with E-state index in [0.29, 0.717) is 12.4 Å². The molecular formula is C12H12Cl2N2O3. The first kappa shape index (κ1) is 15.6. The van der Waals surface area contributed by atoms with Crippen LogP contribution in [0.25, 0.3) is 0 Å². The lowest BCUT2D eigenvalue weighted by molar-refractivity contribution is 0.0615. The van der Waals surface area contributed by atoms with Crippen molar-refractivity contribution >= 4 is 29.1 Å². The number of amides is 1. The van der Waals surface area contributed by atoms with Crippen molar-refractivity contribution < 1.29 is 14.3 Å². The molecule has 7 heteroatoms. The highest BCUT2D eigenvalue weighted by molar-refractivity contribution is 6.37. The van der Waals surface area contributed by atoms with E-state index in [-0.39, 0.29) is 15.6 Å². The van der Waals surface area contributed by atoms with Gasteiger partial charge in [-0.15, -0.1) is 0 Å². The van der Waals surface area contributed by atoms with Crippen LogP contribution in [-0.4, -0.2) is 25.9 Å². The lowest BCUT2D eigenvalue weighted by Gasteiger charge is -2.12. The molecule has 19 heavy (non-hydrogen) atoms. The summed E-state index contributed by atoms with van der Waals surface area (Å²) < 4.78 is 9.98. The third-order valence-corrected chi connectivity index (χ3v) is 2.74. The number of benzene rings is 1. The summed E-state index contributed by atoms with van der Waals surface area (Å²) in [7, 11) is 1.42. The van der Waals surface area contributed by atoms with Gasteiger partial charge in [-0.25, -0.2) is 0 Å². The molecule has 0 saturated heterocycles. The topological polar surface area (TPSA) is 71.3 Å². The fourth-order valence-corrected chi connectivity index (χ4v) is 2.01. The Balaban J connectivity index is 2.92. The number of carbonyl (C=O) groups excluding carboxylic acids is 1. The number of hydrogen-bond acceptors (Lipinski definition) is 4. The Bertz CT molecular complexity index is 491. The third-order valence-electron chi connectivity index (χ3n) is 2.18. The quantitative estimate of drug-likeness (QED) is 0.849. The molecule has 102 valence electrons. The molecular weight excluding hydrogens is 291 g/mol. The van der Waals surface area contributed by atoms with Gasteiger partial charge in [0.25, 0.3) is 5.91 Å². The van der Waals surface area contributed by atoms with Crippen LogP contribution in [0.4, 0.5) is 0 Å². The van der Waals surface area contributed by atoms with Gasteiger partial charge in [0.1, 0.15) is 6.07 Å². The summed E-state index contributed by atoms with van der Waals surface area (Å²) in [4.78, 5) is 11.9. The van der Waals surface area contributed by atoms with Crippen LogP contribution < -0.4 is 10.1 Å². The summed E-state index contributed by atoms with van der Waals surface area (Å²) >= 11 is 11.8. The van der Waals surface area contributed by atoms with Crippen molar-refractivity contribution in [1.82, 2.24) is 5.32 Å². The lowest BCUT2D eigenvalue weighted by atomic mass is 10.2. The van der Waals surface area contributed by atoms with Crippen LogP contribution in [-0.2, 0) is 4.74 Å². The first-order chi connectivity index (χ1) is 9.03. The van der Waals surface area contributed by atoms with E-state index in [4.69, 9.17) is 37.9 Å². The zero-order valence-corrected chi connectivity index (χ0v) is 11.9. The Hall–Kier alpha value is -1.48. The molecule has 0 fully saturated rings. The highest BCUT2D eigenvalue weighted by Gasteiger charge is 2.16. The molecule has 0 radical (unpaired) electrons. The molecule has 0 aliphatic rings. The smallest absolute Gasteiger partial charge is 0.254 e. The molecule has 0 aliphatic carbocycles. The van der Waals surface area contributed by atoms with E-state index in [1.165, 1.54) is 19.2 Å². The Kier molecular flexibility index (Phi) is 5.90. The van der Waals surface area contributed by atoms with E-state index in [2.05, 4.69) is 5.32 Å². The minimum absolute atomic E-state index is 0.213. The van der Waals surface area contributed by atoms with Crippen LogP contribution in [0.3, 0.4) is 0 Å². The molecule has 0 aliphatic heterocycles. The molecule has 1 unspecified atom stereocenters. The van der Waals surface area contributed by atoms with Gasteiger partial charge in [-0.3, -0.25) is 4.79 Å². The van der Waals surface area contributed by atoms with Crippen LogP contribution in [0.2, 0.25) is 10.0 Å². The number of methoxy groups -OCH3 is 1. The van der Waals surface area contributed by atoms with Gasteiger partial charge < -0.3 is 14.8 Å². The van der Waals surface area contributed by atoms with Crippen LogP contribution in [0.5, 0.6) is 5.75 Å². The summed E-state index contributed by atoms with van der Waals surface area (Å²) in [5, 5.41) is 11.6. The molecule has 0 bridgehead atoms. The lowest BCUT2D eigenvalue weighted by Crippen LogP contribution is -2.35. The summed E-state index contributed by atoms with van der Waals surface area (Å²) in [5.74, 6) is -0.215. The molecule has 1 atom stereocenters. The first-order valence-corrected chi connectivity index (χ1v) is 6.14. The summed E-state index contributed by atoms with van der Waals surface area (Å²) in [6, 6.07) is 4.62. The fraction of sp³-hybridized carbons (Fsp3) is 0.333. The first-order valence-electron chi connectivity index (χ1n) is 5.38. The predicted molar refractivity (Wildman–Crippen MR) is 71.5 cm³/mol. The maximum atomic E-state index is 11.9. The fourth-order valence-electron chi connectivity index (χ4n) is 1.37. The van der Waals surface area contributed by atoms with E-state index in [1.807, 2.05) is 6.07 Å². The minimum Gasteiger partial charge on any atom is -0.494 e. The van der Waals surface area contributed by atoms with Crippen LogP contribution in [0, 0.1) is 11.3 Å². The van der Waals surface area contributed by atoms with Crippen molar-refractivity contribution in [2.45, 2.75) is 13.2 Å². The number of nitrogens with zero attached hydrogens (tertiary/aromatic N) is 1. The average Bonchev–Trinajstić information content (AvgIpc) is 2.37. The van der Waals surface area contributed by atoms with Gasteiger partial charge in [0.15, 0.2) is 5.75 Å². The van der Waals surface area contributed by atoms with Crippen LogP contribution in [0.15, 0.2) is 12.1 Å². The standard InChI is InChI=1S/C12H12Cl2N2O3/c1-3-19-10(6-15)16-12(17)7-4-8(13)11(18-2)9(14)5-7/h4-5,10H,3H2,1-2H3,(H,16,17). The molecule has 1 amide bonds. The monoisotopic (exact) mass is 302 g/mol. The molecule has 1 rings (SSSR count). The van der Waals surface area contributed by atoms with Gasteiger partial charge in [0.05, 0.1) is 17.2 Å². The number of halogens is 2. The molecule has 0 aromatic heterocycles. The Labute approximate surface area is 121 Å². The molecule has 1 aromatic carbocycles. The average molecular weight is 303 g/mol. The maximum absolute atomic E-state index is 11.9. The summed E-state index contributed by atoms with van der Waals surface area (Å²) in [5.41, 5.74) is 0.218. The Morgan fingerprint density at radius 2 is 2.05 bits per heavy atom. The number of hydrogen-bond donors (Lipinski definition) is 1. The molecule has 0 heterocycles. The molecule has 1 N–H and O–H groups in total. The van der Waals surface area contributed by atoms with Crippen molar-refractivity contribution in [3.05, 3.63) is 27.7 Å². The summed E-state index contributed by atoms with van der Waals surface area (Å²) in [6.45, 7) is 2.03. The molecule has 5 nitrogen and oxygen atoms in total. The van der Waals surface area contributed by atoms with Gasteiger partial charge in [-0.05, 0) is 19.1 Å². The van der Waals surface area contributed by atoms with Crippen molar-refractivity contribution in [2.75, 3.05) is 13.7 Å². The van der Waals surface area contributed by atoms with E-state index < -0.39 is 12.1 Å². The van der Waals surface area contributed by atoms with E-state index in [0.717, 1.165) is 0 Å². The second-order valence-corrected chi connectivity index (χ2v) is 4.23. The Morgan fingerprint density at radius 1 is 1.47 bits per heavy atom. The van der Waals surface area contributed by atoms with E-state index in [9.17, 15) is 4.79 Å².